The molecule has 2 aromatic rings. The first-order valence-corrected chi connectivity index (χ1v) is 7.93. The van der Waals surface area contributed by atoms with E-state index in [0.29, 0.717) is 6.54 Å². The van der Waals surface area contributed by atoms with Crippen LogP contribution in [0.4, 0.5) is 0 Å². The van der Waals surface area contributed by atoms with Crippen molar-refractivity contribution in [2.45, 2.75) is 26.6 Å². The molecule has 21 heavy (non-hydrogen) atoms. The van der Waals surface area contributed by atoms with E-state index in [1.807, 2.05) is 0 Å². The second-order valence-electron chi connectivity index (χ2n) is 6.04. The maximum absolute atomic E-state index is 5.96. The van der Waals surface area contributed by atoms with Gasteiger partial charge in [-0.1, -0.05) is 12.1 Å². The van der Waals surface area contributed by atoms with Crippen molar-refractivity contribution in [2.75, 3.05) is 33.2 Å². The van der Waals surface area contributed by atoms with Gasteiger partial charge in [0, 0.05) is 62.9 Å². The molecule has 0 unspecified atom stereocenters. The lowest BCUT2D eigenvalue weighted by Crippen LogP contribution is -2.43. The van der Waals surface area contributed by atoms with Crippen LogP contribution < -0.4 is 5.73 Å². The maximum atomic E-state index is 5.96. The Balaban J connectivity index is 1.94. The molecule has 1 saturated heterocycles. The Kier molecular flexibility index (Phi) is 4.29. The zero-order valence-corrected chi connectivity index (χ0v) is 13.2. The predicted octanol–water partition coefficient (Wildman–Crippen LogP) is 1.87. The quantitative estimate of drug-likeness (QED) is 0.932. The Bertz CT molecular complexity index is 609. The Labute approximate surface area is 127 Å². The van der Waals surface area contributed by atoms with E-state index in [2.05, 4.69) is 52.7 Å². The smallest absolute Gasteiger partial charge is 0.0486 e. The number of nitrogens with two attached hydrogens (primary N) is 1. The molecule has 1 aromatic carbocycles. The number of benzene rings is 1. The van der Waals surface area contributed by atoms with E-state index in [9.17, 15) is 0 Å². The number of aryl methyl sites for hydroxylation is 1. The van der Waals surface area contributed by atoms with Crippen molar-refractivity contribution in [1.82, 2.24) is 14.4 Å². The minimum absolute atomic E-state index is 0.612. The molecule has 0 radical (unpaired) electrons. The van der Waals surface area contributed by atoms with Gasteiger partial charge in [-0.2, -0.15) is 0 Å². The standard InChI is InChI=1S/C17H26N4/c1-3-21-13-15(12-20-9-7-19(2)8-10-20)17-14(11-18)5-4-6-16(17)21/h4-6,13H,3,7-12,18H2,1-2H3. The Hall–Kier alpha value is -1.36. The lowest BCUT2D eigenvalue weighted by Gasteiger charge is -2.32. The number of nitrogens with zero attached hydrogens (tertiary/aromatic N) is 3. The van der Waals surface area contributed by atoms with Gasteiger partial charge in [-0.3, -0.25) is 4.90 Å². The Morgan fingerprint density at radius 1 is 1.10 bits per heavy atom. The van der Waals surface area contributed by atoms with Gasteiger partial charge >= 0.3 is 0 Å². The molecule has 1 aliphatic rings. The van der Waals surface area contributed by atoms with Crippen molar-refractivity contribution in [1.29, 1.82) is 0 Å². The molecule has 1 aromatic heterocycles. The van der Waals surface area contributed by atoms with E-state index in [4.69, 9.17) is 5.73 Å². The number of fused-ring (bicyclic) bond motifs is 1. The minimum Gasteiger partial charge on any atom is -0.347 e. The zero-order valence-electron chi connectivity index (χ0n) is 13.2. The molecule has 0 saturated carbocycles. The molecular weight excluding hydrogens is 260 g/mol. The van der Waals surface area contributed by atoms with Gasteiger partial charge < -0.3 is 15.2 Å². The van der Waals surface area contributed by atoms with Crippen LogP contribution in [0.1, 0.15) is 18.1 Å². The normalized spacial score (nSPS) is 17.7. The van der Waals surface area contributed by atoms with Crippen LogP contribution >= 0.6 is 0 Å². The maximum Gasteiger partial charge on any atom is 0.0486 e. The highest BCUT2D eigenvalue weighted by molar-refractivity contribution is 5.87. The zero-order chi connectivity index (χ0) is 14.8. The molecule has 2 N–H and O–H groups in total. The predicted molar refractivity (Wildman–Crippen MR) is 88.3 cm³/mol. The summed E-state index contributed by atoms with van der Waals surface area (Å²) in [6, 6.07) is 6.50. The number of hydrogen-bond acceptors (Lipinski definition) is 3. The molecule has 114 valence electrons. The van der Waals surface area contributed by atoms with Crippen molar-refractivity contribution in [3.05, 3.63) is 35.5 Å². The number of likely N-dealkylation sites (N-methyl/N-ethyl adjacent to an activating group) is 1. The van der Waals surface area contributed by atoms with Crippen LogP contribution in [0, 0.1) is 0 Å². The van der Waals surface area contributed by atoms with E-state index in [0.717, 1.165) is 39.3 Å². The van der Waals surface area contributed by atoms with Crippen LogP contribution in [0.5, 0.6) is 0 Å². The molecule has 0 amide bonds. The average Bonchev–Trinajstić information content (AvgIpc) is 2.87. The molecule has 0 bridgehead atoms. The van der Waals surface area contributed by atoms with Gasteiger partial charge in [0.15, 0.2) is 0 Å². The molecule has 4 nitrogen and oxygen atoms in total. The van der Waals surface area contributed by atoms with Crippen molar-refractivity contribution in [3.63, 3.8) is 0 Å². The van der Waals surface area contributed by atoms with E-state index in [1.54, 1.807) is 0 Å². The first-order valence-electron chi connectivity index (χ1n) is 7.93. The summed E-state index contributed by atoms with van der Waals surface area (Å²) in [5, 5.41) is 1.38. The van der Waals surface area contributed by atoms with E-state index < -0.39 is 0 Å². The number of piperazine rings is 1. The van der Waals surface area contributed by atoms with Crippen molar-refractivity contribution in [2.24, 2.45) is 5.73 Å². The highest BCUT2D eigenvalue weighted by Crippen LogP contribution is 2.26. The van der Waals surface area contributed by atoms with Gasteiger partial charge in [0.25, 0.3) is 0 Å². The third kappa shape index (κ3) is 2.84. The summed E-state index contributed by atoms with van der Waals surface area (Å²) in [7, 11) is 2.20. The summed E-state index contributed by atoms with van der Waals surface area (Å²) in [6.45, 7) is 9.49. The third-order valence-corrected chi connectivity index (χ3v) is 4.62. The molecule has 4 heteroatoms. The largest absolute Gasteiger partial charge is 0.347 e. The summed E-state index contributed by atoms with van der Waals surface area (Å²) in [5.41, 5.74) is 9.98. The Morgan fingerprint density at radius 3 is 2.52 bits per heavy atom. The minimum atomic E-state index is 0.612. The first-order chi connectivity index (χ1) is 10.2. The summed E-state index contributed by atoms with van der Waals surface area (Å²) >= 11 is 0. The molecule has 3 rings (SSSR count). The van der Waals surface area contributed by atoms with Gasteiger partial charge in [-0.05, 0) is 31.2 Å². The summed E-state index contributed by atoms with van der Waals surface area (Å²) in [5.74, 6) is 0. The van der Waals surface area contributed by atoms with Crippen LogP contribution in [0.3, 0.4) is 0 Å². The van der Waals surface area contributed by atoms with Crippen LogP contribution in [-0.4, -0.2) is 47.6 Å². The lowest BCUT2D eigenvalue weighted by atomic mass is 10.1. The van der Waals surface area contributed by atoms with Crippen molar-refractivity contribution < 1.29 is 0 Å². The van der Waals surface area contributed by atoms with Crippen LogP contribution in [0.2, 0.25) is 0 Å². The highest BCUT2D eigenvalue weighted by atomic mass is 15.2. The molecular formula is C17H26N4. The monoisotopic (exact) mass is 286 g/mol. The van der Waals surface area contributed by atoms with Crippen molar-refractivity contribution in [3.8, 4) is 0 Å². The molecule has 0 spiro atoms. The van der Waals surface area contributed by atoms with Crippen LogP contribution in [0.25, 0.3) is 10.9 Å². The fraction of sp³-hybridized carbons (Fsp3) is 0.529. The van der Waals surface area contributed by atoms with E-state index in [1.165, 1.54) is 22.0 Å². The van der Waals surface area contributed by atoms with Crippen LogP contribution in [-0.2, 0) is 19.6 Å². The SMILES string of the molecule is CCn1cc(CN2CCN(C)CC2)c2c(CN)cccc21. The molecule has 1 aliphatic heterocycles. The number of aromatic nitrogens is 1. The fourth-order valence-corrected chi connectivity index (χ4v) is 3.32. The van der Waals surface area contributed by atoms with E-state index >= 15 is 0 Å². The summed E-state index contributed by atoms with van der Waals surface area (Å²) < 4.78 is 2.35. The highest BCUT2D eigenvalue weighted by Gasteiger charge is 2.17. The van der Waals surface area contributed by atoms with E-state index in [-0.39, 0.29) is 0 Å². The molecule has 0 atom stereocenters. The number of rotatable bonds is 4. The topological polar surface area (TPSA) is 37.4 Å². The summed E-state index contributed by atoms with van der Waals surface area (Å²) in [4.78, 5) is 4.96. The third-order valence-electron chi connectivity index (χ3n) is 4.62. The second-order valence-corrected chi connectivity index (χ2v) is 6.04. The second kappa shape index (κ2) is 6.18. The number of hydrogen-bond donors (Lipinski definition) is 1. The summed E-state index contributed by atoms with van der Waals surface area (Å²) in [6.07, 6.45) is 2.32. The van der Waals surface area contributed by atoms with Gasteiger partial charge in [-0.15, -0.1) is 0 Å². The van der Waals surface area contributed by atoms with Crippen LogP contribution in [0.15, 0.2) is 24.4 Å². The molecule has 1 fully saturated rings. The van der Waals surface area contributed by atoms with Gasteiger partial charge in [-0.25, -0.2) is 0 Å². The molecule has 2 heterocycles. The van der Waals surface area contributed by atoms with Gasteiger partial charge in [0.1, 0.15) is 0 Å². The van der Waals surface area contributed by atoms with Crippen molar-refractivity contribution >= 4 is 10.9 Å². The fourth-order valence-electron chi connectivity index (χ4n) is 3.32. The molecule has 0 aliphatic carbocycles. The lowest BCUT2D eigenvalue weighted by molar-refractivity contribution is 0.148. The average molecular weight is 286 g/mol. The Morgan fingerprint density at radius 2 is 1.86 bits per heavy atom. The first kappa shape index (κ1) is 14.6. The van der Waals surface area contributed by atoms with Gasteiger partial charge in [0.05, 0.1) is 0 Å². The van der Waals surface area contributed by atoms with Gasteiger partial charge in [0.2, 0.25) is 0 Å².